The van der Waals surface area contributed by atoms with Crippen molar-refractivity contribution in [3.05, 3.63) is 64.3 Å². The molecule has 8 nitrogen and oxygen atoms in total. The lowest BCUT2D eigenvalue weighted by Gasteiger charge is -2.12. The van der Waals surface area contributed by atoms with Crippen molar-refractivity contribution in [3.63, 3.8) is 0 Å². The largest absolute Gasteiger partial charge is 0.755 e. The van der Waals surface area contributed by atoms with Gasteiger partial charge >= 0.3 is 0 Å². The minimum absolute atomic E-state index is 0.0418. The number of nitrogens with one attached hydrogen (secondary N) is 2. The van der Waals surface area contributed by atoms with E-state index < -0.39 is 16.2 Å². The van der Waals surface area contributed by atoms with Gasteiger partial charge in [-0.2, -0.15) is 0 Å². The first-order chi connectivity index (χ1) is 12.0. The number of pyridine rings is 1. The lowest BCUT2D eigenvalue weighted by Crippen LogP contribution is -2.03. The van der Waals surface area contributed by atoms with E-state index in [0.29, 0.717) is 33.5 Å². The van der Waals surface area contributed by atoms with Gasteiger partial charge in [0.05, 0.1) is 10.3 Å². The van der Waals surface area contributed by atoms with Crippen molar-refractivity contribution in [3.8, 4) is 0 Å². The zero-order valence-corrected chi connectivity index (χ0v) is 13.9. The topological polar surface area (TPSA) is 120 Å². The van der Waals surface area contributed by atoms with Crippen LogP contribution in [-0.2, 0) is 11.3 Å². The summed E-state index contributed by atoms with van der Waals surface area (Å²) in [5, 5.41) is 15.5. The first kappa shape index (κ1) is 16.8. The lowest BCUT2D eigenvalue weighted by atomic mass is 10.1. The van der Waals surface area contributed by atoms with E-state index in [-0.39, 0.29) is 5.69 Å². The Morgan fingerprint density at radius 1 is 1.12 bits per heavy atom. The maximum Gasteiger partial charge on any atom is 0.280 e. The maximum atomic E-state index is 11.4. The van der Waals surface area contributed by atoms with E-state index in [0.717, 1.165) is 0 Å². The van der Waals surface area contributed by atoms with Crippen molar-refractivity contribution in [2.24, 2.45) is 0 Å². The van der Waals surface area contributed by atoms with Crippen molar-refractivity contribution in [1.82, 2.24) is 4.98 Å². The molecule has 9 heteroatoms. The number of aryl methyl sites for hydroxylation is 1. The van der Waals surface area contributed by atoms with E-state index in [1.807, 2.05) is 0 Å². The molecule has 2 N–H and O–H groups in total. The van der Waals surface area contributed by atoms with Gasteiger partial charge in [-0.05, 0) is 37.3 Å². The van der Waals surface area contributed by atoms with Crippen LogP contribution in [0.15, 0.2) is 48.7 Å². The van der Waals surface area contributed by atoms with Crippen molar-refractivity contribution in [2.45, 2.75) is 6.92 Å². The molecular weight excluding hydrogens is 344 g/mol. The second kappa shape index (κ2) is 6.83. The highest BCUT2D eigenvalue weighted by molar-refractivity contribution is 7.80. The van der Waals surface area contributed by atoms with Gasteiger partial charge in [0.2, 0.25) is 0 Å². The summed E-state index contributed by atoms with van der Waals surface area (Å²) in [6.45, 7) is 1.68. The van der Waals surface area contributed by atoms with Crippen molar-refractivity contribution in [1.29, 1.82) is 0 Å². The molecule has 3 aromatic rings. The molecular formula is C16H13N4O4S-. The Balaban J connectivity index is 2.04. The first-order valence-corrected chi connectivity index (χ1v) is 8.29. The van der Waals surface area contributed by atoms with E-state index >= 15 is 0 Å². The van der Waals surface area contributed by atoms with Gasteiger partial charge in [0, 0.05) is 39.8 Å². The molecule has 1 atom stereocenters. The Kier molecular flexibility index (Phi) is 4.59. The van der Waals surface area contributed by atoms with Crippen molar-refractivity contribution < 1.29 is 13.7 Å². The predicted octanol–water partition coefficient (Wildman–Crippen LogP) is 3.40. The molecule has 0 saturated heterocycles. The average molecular weight is 357 g/mol. The summed E-state index contributed by atoms with van der Waals surface area (Å²) in [5.41, 5.74) is 1.60. The highest BCUT2D eigenvalue weighted by Gasteiger charge is 2.17. The molecule has 3 rings (SSSR count). The Morgan fingerprint density at radius 2 is 1.88 bits per heavy atom. The highest BCUT2D eigenvalue weighted by Crippen LogP contribution is 2.33. The van der Waals surface area contributed by atoms with Crippen LogP contribution >= 0.6 is 0 Å². The van der Waals surface area contributed by atoms with Crippen LogP contribution in [-0.4, -0.2) is 18.7 Å². The van der Waals surface area contributed by atoms with Gasteiger partial charge in [-0.3, -0.25) is 14.3 Å². The third-order valence-electron chi connectivity index (χ3n) is 3.63. The van der Waals surface area contributed by atoms with Crippen LogP contribution in [0.4, 0.5) is 22.9 Å². The monoisotopic (exact) mass is 357 g/mol. The van der Waals surface area contributed by atoms with Crippen LogP contribution in [0.2, 0.25) is 0 Å². The van der Waals surface area contributed by atoms with E-state index in [4.69, 9.17) is 0 Å². The smallest absolute Gasteiger partial charge is 0.280 e. The fourth-order valence-corrected chi connectivity index (χ4v) is 2.90. The van der Waals surface area contributed by atoms with E-state index in [1.165, 1.54) is 6.20 Å². The van der Waals surface area contributed by atoms with Crippen LogP contribution in [0.3, 0.4) is 0 Å². The van der Waals surface area contributed by atoms with Gasteiger partial charge in [0.25, 0.3) is 5.69 Å². The molecule has 0 amide bonds. The van der Waals surface area contributed by atoms with Gasteiger partial charge in [-0.15, -0.1) is 0 Å². The van der Waals surface area contributed by atoms with E-state index in [9.17, 15) is 18.9 Å². The summed E-state index contributed by atoms with van der Waals surface area (Å²) < 4.78 is 23.7. The summed E-state index contributed by atoms with van der Waals surface area (Å²) in [5.74, 6) is 0.445. The number of fused-ring (bicyclic) bond motifs is 1. The number of hydrogen-bond donors (Lipinski definition) is 2. The van der Waals surface area contributed by atoms with Crippen LogP contribution in [0, 0.1) is 17.0 Å². The fraction of sp³-hybridized carbons (Fsp3) is 0.0625. The number of nitro groups is 1. The number of hydrogen-bond acceptors (Lipinski definition) is 6. The Bertz CT molecular complexity index is 993. The quantitative estimate of drug-likeness (QED) is 0.410. The number of rotatable bonds is 5. The van der Waals surface area contributed by atoms with Gasteiger partial charge < -0.3 is 14.6 Å². The summed E-state index contributed by atoms with van der Waals surface area (Å²) in [6.07, 6.45) is 1.49. The first-order valence-electron chi connectivity index (χ1n) is 7.21. The Morgan fingerprint density at radius 3 is 2.60 bits per heavy atom. The highest BCUT2D eigenvalue weighted by atomic mass is 32.2. The Labute approximate surface area is 145 Å². The molecule has 1 heterocycles. The number of aromatic nitrogens is 1. The Hall–Kier alpha value is -3.04. The summed E-state index contributed by atoms with van der Waals surface area (Å²) in [7, 11) is 0. The zero-order chi connectivity index (χ0) is 18.0. The van der Waals surface area contributed by atoms with Crippen molar-refractivity contribution >= 4 is 44.9 Å². The van der Waals surface area contributed by atoms with Crippen LogP contribution in [0.1, 0.15) is 5.56 Å². The second-order valence-electron chi connectivity index (χ2n) is 5.29. The molecule has 0 aliphatic rings. The summed E-state index contributed by atoms with van der Waals surface area (Å²) in [4.78, 5) is 15.2. The van der Waals surface area contributed by atoms with Crippen molar-refractivity contribution in [2.75, 3.05) is 10.0 Å². The molecule has 25 heavy (non-hydrogen) atoms. The van der Waals surface area contributed by atoms with Gasteiger partial charge in [0.1, 0.15) is 5.82 Å². The normalized spacial score (nSPS) is 11.9. The lowest BCUT2D eigenvalue weighted by molar-refractivity contribution is -0.383. The van der Waals surface area contributed by atoms with E-state index in [2.05, 4.69) is 15.0 Å². The molecule has 0 spiro atoms. The minimum Gasteiger partial charge on any atom is -0.755 e. The van der Waals surface area contributed by atoms with Crippen LogP contribution in [0.25, 0.3) is 10.8 Å². The molecule has 0 bridgehead atoms. The zero-order valence-electron chi connectivity index (χ0n) is 13.1. The van der Waals surface area contributed by atoms with Gasteiger partial charge in [-0.1, -0.05) is 12.1 Å². The van der Waals surface area contributed by atoms with Gasteiger partial charge in [0.15, 0.2) is 0 Å². The summed E-state index contributed by atoms with van der Waals surface area (Å²) >= 11 is -2.42. The van der Waals surface area contributed by atoms with Gasteiger partial charge in [-0.25, -0.2) is 4.98 Å². The number of anilines is 3. The molecule has 0 aliphatic heterocycles. The number of benzene rings is 2. The number of nitro benzene ring substituents is 1. The van der Waals surface area contributed by atoms with Crippen LogP contribution < -0.4 is 10.0 Å². The molecule has 0 aliphatic carbocycles. The molecule has 0 radical (unpaired) electrons. The molecule has 0 saturated carbocycles. The molecule has 1 aromatic heterocycles. The third kappa shape index (κ3) is 3.57. The standard InChI is InChI=1S/C16H14N4O4S/c1-10-5-6-14-13(15(10)20(21)22)7-8-17-16(14)18-11-3-2-4-12(9-11)19-25(23)24/h2-9,19H,1H3,(H,17,18)(H,23,24)/p-1. The maximum absolute atomic E-state index is 11.4. The average Bonchev–Trinajstić information content (AvgIpc) is 2.54. The molecule has 2 aromatic carbocycles. The third-order valence-corrected chi connectivity index (χ3v) is 4.03. The second-order valence-corrected chi connectivity index (χ2v) is 5.96. The molecule has 0 fully saturated rings. The minimum atomic E-state index is -2.42. The SMILES string of the molecule is Cc1ccc2c(Nc3cccc(NS(=O)[O-])c3)nccc2c1[N+](=O)[O-]. The number of nitrogens with zero attached hydrogens (tertiary/aromatic N) is 2. The summed E-state index contributed by atoms with van der Waals surface area (Å²) in [6, 6.07) is 11.7. The predicted molar refractivity (Wildman–Crippen MR) is 95.4 cm³/mol. The molecule has 128 valence electrons. The molecule has 1 unspecified atom stereocenters. The van der Waals surface area contributed by atoms with Crippen LogP contribution in [0.5, 0.6) is 0 Å². The van der Waals surface area contributed by atoms with E-state index in [1.54, 1.807) is 49.4 Å². The fourth-order valence-electron chi connectivity index (χ4n) is 2.58.